The first-order valence-corrected chi connectivity index (χ1v) is 8.00. The van der Waals surface area contributed by atoms with E-state index in [2.05, 4.69) is 9.88 Å². The second kappa shape index (κ2) is 7.02. The van der Waals surface area contributed by atoms with Crippen LogP contribution in [0.3, 0.4) is 0 Å². The number of carbonyl (C=O) groups is 1. The Balaban J connectivity index is 1.78. The second-order valence-corrected chi connectivity index (χ2v) is 5.89. The normalized spacial score (nSPS) is 16.0. The predicted octanol–water partition coefficient (Wildman–Crippen LogP) is 2.28. The van der Waals surface area contributed by atoms with Gasteiger partial charge in [0.2, 0.25) is 0 Å². The van der Waals surface area contributed by atoms with Crippen molar-refractivity contribution in [3.8, 4) is 0 Å². The van der Waals surface area contributed by atoms with Crippen LogP contribution in [0.5, 0.6) is 0 Å². The number of hydrogen-bond acceptors (Lipinski definition) is 3. The Hall–Kier alpha value is -2.05. The lowest BCUT2D eigenvalue weighted by molar-refractivity contribution is 0.0972. The van der Waals surface area contributed by atoms with Gasteiger partial charge in [0.05, 0.1) is 23.9 Å². The lowest BCUT2D eigenvalue weighted by Crippen LogP contribution is -2.42. The SMILES string of the molecule is COCCn1cc(NC(=O)N2CCC(O)CC2)c2ccccc21. The highest BCUT2D eigenvalue weighted by molar-refractivity contribution is 6.01. The topological polar surface area (TPSA) is 66.7 Å². The first-order valence-electron chi connectivity index (χ1n) is 8.00. The van der Waals surface area contributed by atoms with Crippen molar-refractivity contribution in [3.63, 3.8) is 0 Å². The van der Waals surface area contributed by atoms with Crippen molar-refractivity contribution >= 4 is 22.6 Å². The largest absolute Gasteiger partial charge is 0.393 e. The van der Waals surface area contributed by atoms with Crippen molar-refractivity contribution in [2.75, 3.05) is 32.1 Å². The molecular formula is C17H23N3O3. The number of methoxy groups -OCH3 is 1. The number of aliphatic hydroxyl groups is 1. The van der Waals surface area contributed by atoms with Crippen LogP contribution < -0.4 is 5.32 Å². The number of hydrogen-bond donors (Lipinski definition) is 2. The molecule has 124 valence electrons. The van der Waals surface area contributed by atoms with E-state index in [9.17, 15) is 9.90 Å². The van der Waals surface area contributed by atoms with Gasteiger partial charge in [0.15, 0.2) is 0 Å². The van der Waals surface area contributed by atoms with Gasteiger partial charge < -0.3 is 24.6 Å². The van der Waals surface area contributed by atoms with Crippen LogP contribution in [0.2, 0.25) is 0 Å². The maximum absolute atomic E-state index is 12.4. The smallest absolute Gasteiger partial charge is 0.321 e. The molecule has 1 aromatic heterocycles. The number of benzene rings is 1. The van der Waals surface area contributed by atoms with Gasteiger partial charge in [-0.25, -0.2) is 4.79 Å². The van der Waals surface area contributed by atoms with Gasteiger partial charge in [-0.2, -0.15) is 0 Å². The lowest BCUT2D eigenvalue weighted by atomic mass is 10.1. The summed E-state index contributed by atoms with van der Waals surface area (Å²) in [5.74, 6) is 0. The predicted molar refractivity (Wildman–Crippen MR) is 89.6 cm³/mol. The van der Waals surface area contributed by atoms with Gasteiger partial charge in [-0.3, -0.25) is 0 Å². The number of fused-ring (bicyclic) bond motifs is 1. The van der Waals surface area contributed by atoms with Crippen molar-refractivity contribution in [2.24, 2.45) is 0 Å². The van der Waals surface area contributed by atoms with E-state index in [4.69, 9.17) is 4.74 Å². The molecule has 0 aliphatic carbocycles. The van der Waals surface area contributed by atoms with Crippen LogP contribution in [0.15, 0.2) is 30.5 Å². The van der Waals surface area contributed by atoms with Crippen LogP contribution >= 0.6 is 0 Å². The van der Waals surface area contributed by atoms with Gasteiger partial charge in [0.1, 0.15) is 0 Å². The first-order chi connectivity index (χ1) is 11.2. The fraction of sp³-hybridized carbons (Fsp3) is 0.471. The quantitative estimate of drug-likeness (QED) is 0.909. The third kappa shape index (κ3) is 3.48. The molecule has 1 aliphatic rings. The molecule has 1 aromatic carbocycles. The van der Waals surface area contributed by atoms with Crippen LogP contribution in [0, 0.1) is 0 Å². The fourth-order valence-electron chi connectivity index (χ4n) is 2.98. The van der Waals surface area contributed by atoms with Crippen LogP contribution in [0.25, 0.3) is 10.9 Å². The first kappa shape index (κ1) is 15.8. The van der Waals surface area contributed by atoms with Crippen LogP contribution in [-0.4, -0.2) is 53.5 Å². The van der Waals surface area contributed by atoms with Crippen LogP contribution in [0.1, 0.15) is 12.8 Å². The van der Waals surface area contributed by atoms with E-state index >= 15 is 0 Å². The highest BCUT2D eigenvalue weighted by Gasteiger charge is 2.22. The van der Waals surface area contributed by atoms with E-state index in [1.165, 1.54) is 0 Å². The molecule has 1 saturated heterocycles. The summed E-state index contributed by atoms with van der Waals surface area (Å²) in [6, 6.07) is 7.90. The van der Waals surface area contributed by atoms with Gasteiger partial charge >= 0.3 is 6.03 Å². The summed E-state index contributed by atoms with van der Waals surface area (Å²) in [7, 11) is 1.68. The third-order valence-electron chi connectivity index (χ3n) is 4.32. The maximum Gasteiger partial charge on any atom is 0.321 e. The Morgan fingerprint density at radius 2 is 2.09 bits per heavy atom. The number of para-hydroxylation sites is 1. The van der Waals surface area contributed by atoms with E-state index < -0.39 is 0 Å². The molecule has 6 nitrogen and oxygen atoms in total. The van der Waals surface area contributed by atoms with E-state index in [0.29, 0.717) is 32.5 Å². The number of likely N-dealkylation sites (tertiary alicyclic amines) is 1. The standard InChI is InChI=1S/C17H23N3O3/c1-23-11-10-20-12-15(14-4-2-3-5-16(14)20)18-17(22)19-8-6-13(21)7-9-19/h2-5,12-13,21H,6-11H2,1H3,(H,18,22). The molecule has 2 amide bonds. The zero-order valence-corrected chi connectivity index (χ0v) is 13.4. The van der Waals surface area contributed by atoms with Crippen molar-refractivity contribution in [1.29, 1.82) is 0 Å². The molecule has 0 radical (unpaired) electrons. The van der Waals surface area contributed by atoms with Crippen molar-refractivity contribution in [3.05, 3.63) is 30.5 Å². The highest BCUT2D eigenvalue weighted by atomic mass is 16.5. The fourth-order valence-corrected chi connectivity index (χ4v) is 2.98. The summed E-state index contributed by atoms with van der Waals surface area (Å²) in [5.41, 5.74) is 1.89. The average Bonchev–Trinajstić information content (AvgIpc) is 2.91. The number of nitrogens with one attached hydrogen (secondary N) is 1. The lowest BCUT2D eigenvalue weighted by Gasteiger charge is -2.29. The van der Waals surface area contributed by atoms with E-state index in [1.54, 1.807) is 12.0 Å². The molecule has 6 heteroatoms. The van der Waals surface area contributed by atoms with Crippen molar-refractivity contribution in [1.82, 2.24) is 9.47 Å². The van der Waals surface area contributed by atoms with E-state index in [0.717, 1.165) is 23.1 Å². The summed E-state index contributed by atoms with van der Waals surface area (Å²) in [6.07, 6.45) is 2.96. The van der Waals surface area contributed by atoms with Crippen molar-refractivity contribution in [2.45, 2.75) is 25.5 Å². The van der Waals surface area contributed by atoms with E-state index in [1.807, 2.05) is 30.5 Å². The molecule has 0 spiro atoms. The minimum Gasteiger partial charge on any atom is -0.393 e. The molecular weight excluding hydrogens is 294 g/mol. The molecule has 2 aromatic rings. The minimum absolute atomic E-state index is 0.105. The number of amides is 2. The number of carbonyl (C=O) groups excluding carboxylic acids is 1. The van der Waals surface area contributed by atoms with Gasteiger partial charge in [-0.05, 0) is 18.9 Å². The Kier molecular flexibility index (Phi) is 4.83. The summed E-state index contributed by atoms with van der Waals surface area (Å²) < 4.78 is 7.24. The Morgan fingerprint density at radius 1 is 1.35 bits per heavy atom. The zero-order chi connectivity index (χ0) is 16.2. The van der Waals surface area contributed by atoms with Gasteiger partial charge in [0, 0.05) is 38.3 Å². The number of nitrogens with zero attached hydrogens (tertiary/aromatic N) is 2. The summed E-state index contributed by atoms with van der Waals surface area (Å²) in [4.78, 5) is 14.2. The molecule has 3 rings (SSSR count). The number of aliphatic hydroxyl groups excluding tert-OH is 1. The number of urea groups is 1. The number of ether oxygens (including phenoxy) is 1. The summed E-state index contributed by atoms with van der Waals surface area (Å²) in [5, 5.41) is 13.6. The Labute approximate surface area is 135 Å². The molecule has 0 bridgehead atoms. The monoisotopic (exact) mass is 317 g/mol. The molecule has 23 heavy (non-hydrogen) atoms. The van der Waals surface area contributed by atoms with Crippen LogP contribution in [0.4, 0.5) is 10.5 Å². The number of aromatic nitrogens is 1. The number of rotatable bonds is 4. The van der Waals surface area contributed by atoms with E-state index in [-0.39, 0.29) is 12.1 Å². The van der Waals surface area contributed by atoms with Crippen molar-refractivity contribution < 1.29 is 14.6 Å². The molecule has 0 saturated carbocycles. The zero-order valence-electron chi connectivity index (χ0n) is 13.4. The molecule has 1 fully saturated rings. The number of piperidine rings is 1. The summed E-state index contributed by atoms with van der Waals surface area (Å²) in [6.45, 7) is 2.55. The maximum atomic E-state index is 12.4. The Morgan fingerprint density at radius 3 is 2.83 bits per heavy atom. The number of anilines is 1. The molecule has 1 aliphatic heterocycles. The highest BCUT2D eigenvalue weighted by Crippen LogP contribution is 2.26. The molecule has 0 atom stereocenters. The third-order valence-corrected chi connectivity index (χ3v) is 4.32. The van der Waals surface area contributed by atoms with Gasteiger partial charge in [0.25, 0.3) is 0 Å². The molecule has 0 unspecified atom stereocenters. The summed E-state index contributed by atoms with van der Waals surface area (Å²) >= 11 is 0. The Bertz CT molecular complexity index is 675. The van der Waals surface area contributed by atoms with Crippen LogP contribution in [-0.2, 0) is 11.3 Å². The molecule has 2 heterocycles. The average molecular weight is 317 g/mol. The second-order valence-electron chi connectivity index (χ2n) is 5.89. The molecule has 2 N–H and O–H groups in total. The minimum atomic E-state index is -0.282. The van der Waals surface area contributed by atoms with Gasteiger partial charge in [-0.15, -0.1) is 0 Å². The van der Waals surface area contributed by atoms with Gasteiger partial charge in [-0.1, -0.05) is 18.2 Å².